The fourth-order valence-electron chi connectivity index (χ4n) is 8.06. The molecule has 1 saturated heterocycles. The molecule has 174 valence electrons. The van der Waals surface area contributed by atoms with Crippen molar-refractivity contribution in [1.82, 2.24) is 5.32 Å². The average Bonchev–Trinajstić information content (AvgIpc) is 3.20. The quantitative estimate of drug-likeness (QED) is 0.426. The minimum atomic E-state index is -1.21. The van der Waals surface area contributed by atoms with Crippen molar-refractivity contribution in [1.29, 1.82) is 0 Å². The molecule has 4 bridgehead atoms. The van der Waals surface area contributed by atoms with Crippen LogP contribution in [0, 0.1) is 28.6 Å². The fourth-order valence-corrected chi connectivity index (χ4v) is 8.32. The Labute approximate surface area is 201 Å². The van der Waals surface area contributed by atoms with Crippen molar-refractivity contribution in [3.05, 3.63) is 58.6 Å². The lowest BCUT2D eigenvalue weighted by atomic mass is 9.60. The monoisotopic (exact) mass is 513 g/mol. The van der Waals surface area contributed by atoms with Gasteiger partial charge in [-0.1, -0.05) is 40.7 Å². The molecule has 1 amide bonds. The van der Waals surface area contributed by atoms with Gasteiger partial charge >= 0.3 is 5.97 Å². The Morgan fingerprint density at radius 3 is 2.79 bits per heavy atom. The summed E-state index contributed by atoms with van der Waals surface area (Å²) in [6, 6.07) is 7.75. The van der Waals surface area contributed by atoms with Crippen LogP contribution < -0.4 is 5.32 Å². The molecule has 1 aromatic rings. The van der Waals surface area contributed by atoms with E-state index in [1.807, 2.05) is 30.3 Å². The number of aliphatic hydroxyl groups excluding tert-OH is 1. The first-order valence-electron chi connectivity index (χ1n) is 11.6. The van der Waals surface area contributed by atoms with Crippen LogP contribution >= 0.6 is 15.9 Å². The maximum Gasteiger partial charge on any atom is 0.316 e. The number of ether oxygens (including phenoxy) is 1. The van der Waals surface area contributed by atoms with E-state index in [1.54, 1.807) is 13.0 Å². The molecule has 3 saturated carbocycles. The van der Waals surface area contributed by atoms with Crippen LogP contribution in [0.1, 0.15) is 38.2 Å². The van der Waals surface area contributed by atoms with Gasteiger partial charge in [0.2, 0.25) is 5.91 Å². The predicted molar refractivity (Wildman–Crippen MR) is 124 cm³/mol. The van der Waals surface area contributed by atoms with Crippen LogP contribution in [0.5, 0.6) is 0 Å². The van der Waals surface area contributed by atoms with Gasteiger partial charge in [0.25, 0.3) is 0 Å². The number of halogens is 1. The molecule has 1 aromatic carbocycles. The third-order valence-corrected chi connectivity index (χ3v) is 10.0. The Hall–Kier alpha value is -1.96. The topological polar surface area (TPSA) is 95.9 Å². The highest BCUT2D eigenvalue weighted by Gasteiger charge is 2.83. The number of nitrogens with one attached hydrogen (secondary N) is 1. The molecular weight excluding hydrogens is 486 g/mol. The van der Waals surface area contributed by atoms with E-state index < -0.39 is 45.9 Å². The minimum Gasteiger partial charge on any atom is -0.454 e. The molecule has 4 aliphatic carbocycles. The lowest BCUT2D eigenvalue weighted by molar-refractivity contribution is -0.160. The first-order valence-corrected chi connectivity index (χ1v) is 12.4. The van der Waals surface area contributed by atoms with Gasteiger partial charge in [-0.3, -0.25) is 9.59 Å². The fraction of sp³-hybridized carbons (Fsp3) is 0.538. The zero-order valence-electron chi connectivity index (χ0n) is 18.5. The highest BCUT2D eigenvalue weighted by Crippen LogP contribution is 2.77. The first kappa shape index (κ1) is 21.6. The smallest absolute Gasteiger partial charge is 0.316 e. The molecule has 1 aliphatic heterocycles. The predicted octanol–water partition coefficient (Wildman–Crippen LogP) is 3.02. The van der Waals surface area contributed by atoms with Crippen LogP contribution in [0.25, 0.3) is 0 Å². The third kappa shape index (κ3) is 2.51. The van der Waals surface area contributed by atoms with Crippen LogP contribution in [-0.4, -0.2) is 39.4 Å². The van der Waals surface area contributed by atoms with Crippen molar-refractivity contribution in [2.75, 3.05) is 0 Å². The van der Waals surface area contributed by atoms with Gasteiger partial charge < -0.3 is 20.3 Å². The van der Waals surface area contributed by atoms with E-state index in [2.05, 4.69) is 27.8 Å². The maximum atomic E-state index is 14.0. The van der Waals surface area contributed by atoms with E-state index in [4.69, 9.17) is 4.74 Å². The zero-order chi connectivity index (χ0) is 23.4. The first-order chi connectivity index (χ1) is 15.6. The van der Waals surface area contributed by atoms with Crippen molar-refractivity contribution in [3.8, 4) is 0 Å². The number of carbonyl (C=O) groups is 2. The van der Waals surface area contributed by atoms with Gasteiger partial charge in [-0.05, 0) is 67.4 Å². The van der Waals surface area contributed by atoms with Crippen molar-refractivity contribution in [2.24, 2.45) is 28.6 Å². The van der Waals surface area contributed by atoms with Gasteiger partial charge in [0.05, 0.1) is 17.6 Å². The SMILES string of the molecule is C=C1C[C@]23C[C@@]1(O)CC[C@H]2[C@@]12C=C[C@H](O)[C@](C)(C(=O)O1)[C@H]2[C@@H]3C(=O)NCc1ccc(Br)cc1. The van der Waals surface area contributed by atoms with E-state index in [0.717, 1.165) is 15.6 Å². The molecule has 4 fully saturated rings. The molecule has 8 atom stereocenters. The van der Waals surface area contributed by atoms with E-state index >= 15 is 0 Å². The molecule has 7 heteroatoms. The summed E-state index contributed by atoms with van der Waals surface area (Å²) < 4.78 is 7.09. The van der Waals surface area contributed by atoms with Crippen LogP contribution in [0.4, 0.5) is 0 Å². The molecule has 0 radical (unpaired) electrons. The van der Waals surface area contributed by atoms with Crippen LogP contribution in [0.3, 0.4) is 0 Å². The van der Waals surface area contributed by atoms with Crippen molar-refractivity contribution in [3.63, 3.8) is 0 Å². The number of benzene rings is 1. The van der Waals surface area contributed by atoms with Gasteiger partial charge in [0.1, 0.15) is 11.0 Å². The van der Waals surface area contributed by atoms with Gasteiger partial charge in [-0.25, -0.2) is 0 Å². The Balaban J connectivity index is 1.44. The number of esters is 1. The number of amides is 1. The molecule has 3 N–H and O–H groups in total. The summed E-state index contributed by atoms with van der Waals surface area (Å²) in [7, 11) is 0. The largest absolute Gasteiger partial charge is 0.454 e. The van der Waals surface area contributed by atoms with Crippen LogP contribution in [-0.2, 0) is 20.9 Å². The summed E-state index contributed by atoms with van der Waals surface area (Å²) in [5.41, 5.74) is -1.96. The Morgan fingerprint density at radius 2 is 2.06 bits per heavy atom. The van der Waals surface area contributed by atoms with Crippen molar-refractivity contribution in [2.45, 2.75) is 56.5 Å². The van der Waals surface area contributed by atoms with Gasteiger partial charge in [0.15, 0.2) is 0 Å². The molecule has 5 aliphatic rings. The van der Waals surface area contributed by atoms with Crippen LogP contribution in [0.15, 0.2) is 53.0 Å². The number of carbonyl (C=O) groups excluding carboxylic acids is 2. The Kier molecular flexibility index (Phi) is 4.30. The van der Waals surface area contributed by atoms with Gasteiger partial charge in [-0.15, -0.1) is 0 Å². The minimum absolute atomic E-state index is 0.104. The second-order valence-corrected chi connectivity index (χ2v) is 11.9. The Bertz CT molecular complexity index is 1120. The number of hydrogen-bond acceptors (Lipinski definition) is 5. The molecule has 1 heterocycles. The molecule has 33 heavy (non-hydrogen) atoms. The van der Waals surface area contributed by atoms with E-state index in [0.29, 0.717) is 32.2 Å². The summed E-state index contributed by atoms with van der Waals surface area (Å²) >= 11 is 3.43. The summed E-state index contributed by atoms with van der Waals surface area (Å²) in [5, 5.41) is 25.3. The number of hydrogen-bond donors (Lipinski definition) is 3. The second-order valence-electron chi connectivity index (χ2n) is 10.9. The molecular formula is C26H28BrNO5. The number of aliphatic hydroxyl groups is 2. The summed E-state index contributed by atoms with van der Waals surface area (Å²) in [6.45, 7) is 6.27. The lowest BCUT2D eigenvalue weighted by Gasteiger charge is -2.44. The molecule has 6 nitrogen and oxygen atoms in total. The molecule has 1 spiro atoms. The van der Waals surface area contributed by atoms with Crippen LogP contribution in [0.2, 0.25) is 0 Å². The van der Waals surface area contributed by atoms with E-state index in [-0.39, 0.29) is 11.8 Å². The highest BCUT2D eigenvalue weighted by molar-refractivity contribution is 9.10. The van der Waals surface area contributed by atoms with Crippen molar-refractivity contribution >= 4 is 27.8 Å². The van der Waals surface area contributed by atoms with E-state index in [1.165, 1.54) is 0 Å². The van der Waals surface area contributed by atoms with Gasteiger partial charge in [0, 0.05) is 22.9 Å². The normalized spacial score (nSPS) is 46.7. The highest BCUT2D eigenvalue weighted by atomic mass is 79.9. The summed E-state index contributed by atoms with van der Waals surface area (Å²) in [4.78, 5) is 27.1. The summed E-state index contributed by atoms with van der Waals surface area (Å²) in [5.74, 6) is -1.78. The number of rotatable bonds is 3. The molecule has 0 aromatic heterocycles. The number of fused-ring (bicyclic) bond motifs is 1. The standard InChI is InChI=1S/C26H28BrNO5/c1-14-11-24-13-25(14,32)9-7-17(24)26-10-8-18(29)23(2,22(31)33-26)20(26)19(24)21(30)28-12-15-3-5-16(27)6-4-15/h3-6,8,10,17-20,29,32H,1,7,9,11-13H2,2H3,(H,28,30)/t17-,18+,19-,20-,23+,24+,25+,26-/m1/s1. The molecule has 6 rings (SSSR count). The van der Waals surface area contributed by atoms with E-state index in [9.17, 15) is 19.8 Å². The average molecular weight is 514 g/mol. The summed E-state index contributed by atoms with van der Waals surface area (Å²) in [6.07, 6.45) is 4.65. The second kappa shape index (κ2) is 6.58. The lowest BCUT2D eigenvalue weighted by Crippen LogP contribution is -2.52. The molecule has 0 unspecified atom stereocenters. The maximum absolute atomic E-state index is 14.0. The Morgan fingerprint density at radius 1 is 1.33 bits per heavy atom. The van der Waals surface area contributed by atoms with Crippen molar-refractivity contribution < 1.29 is 24.5 Å². The third-order valence-electron chi connectivity index (χ3n) is 9.52. The van der Waals surface area contributed by atoms with Gasteiger partial charge in [-0.2, -0.15) is 0 Å². The zero-order valence-corrected chi connectivity index (χ0v) is 20.1.